The first kappa shape index (κ1) is 32.9. The molecule has 0 saturated heterocycles. The Morgan fingerprint density at radius 1 is 1.00 bits per heavy atom. The number of carbonyl (C=O) groups is 3. The number of rotatable bonds is 9. The number of hydrazine groups is 1. The maximum atomic E-state index is 13.2. The Hall–Kier alpha value is -3.65. The lowest BCUT2D eigenvalue weighted by Gasteiger charge is -2.41. The third kappa shape index (κ3) is 8.68. The van der Waals surface area contributed by atoms with E-state index in [1.807, 2.05) is 26.3 Å². The number of nitrogens with one attached hydrogen (secondary N) is 2. The second kappa shape index (κ2) is 13.6. The van der Waals surface area contributed by atoms with Crippen LogP contribution < -0.4 is 15.8 Å². The van der Waals surface area contributed by atoms with Gasteiger partial charge in [0.25, 0.3) is 0 Å². The van der Waals surface area contributed by atoms with Crippen molar-refractivity contribution in [2.24, 2.45) is 5.92 Å². The number of carbonyl (C=O) groups excluding carboxylic acids is 2. The van der Waals surface area contributed by atoms with Crippen molar-refractivity contribution in [2.45, 2.75) is 68.7 Å². The Bertz CT molecular complexity index is 1350. The lowest BCUT2D eigenvalue weighted by atomic mass is 9.81. The molecule has 3 atom stereocenters. The van der Waals surface area contributed by atoms with E-state index in [4.69, 9.17) is 0 Å². The van der Waals surface area contributed by atoms with E-state index in [0.29, 0.717) is 36.4 Å². The summed E-state index contributed by atoms with van der Waals surface area (Å²) in [5, 5.41) is 12.5. The fourth-order valence-electron chi connectivity index (χ4n) is 5.00. The van der Waals surface area contributed by atoms with Gasteiger partial charge in [0.2, 0.25) is 11.8 Å². The highest BCUT2D eigenvalue weighted by molar-refractivity contribution is 7.91. The Labute approximate surface area is 242 Å². The van der Waals surface area contributed by atoms with Gasteiger partial charge in [-0.15, -0.1) is 0 Å². The quantitative estimate of drug-likeness (QED) is 0.287. The minimum atomic E-state index is -4.63. The number of carboxylic acid groups (broad SMARTS) is 1. The highest BCUT2D eigenvalue weighted by atomic mass is 32.2. The molecule has 1 aliphatic carbocycles. The number of hydrogen-bond donors (Lipinski definition) is 3. The molecule has 3 amide bonds. The Morgan fingerprint density at radius 2 is 1.62 bits per heavy atom. The molecule has 0 aromatic heterocycles. The summed E-state index contributed by atoms with van der Waals surface area (Å²) in [4.78, 5) is 39.4. The first-order chi connectivity index (χ1) is 19.6. The number of alkyl halides is 3. The molecule has 0 spiro atoms. The van der Waals surface area contributed by atoms with Crippen molar-refractivity contribution in [3.8, 4) is 0 Å². The molecule has 0 heterocycles. The van der Waals surface area contributed by atoms with Crippen molar-refractivity contribution < 1.29 is 41.1 Å². The van der Waals surface area contributed by atoms with Crippen LogP contribution in [0.3, 0.4) is 0 Å². The predicted octanol–water partition coefficient (Wildman–Crippen LogP) is 4.08. The van der Waals surface area contributed by atoms with Gasteiger partial charge in [-0.2, -0.15) is 18.2 Å². The molecule has 2 aromatic rings. The van der Waals surface area contributed by atoms with Crippen LogP contribution >= 0.6 is 0 Å². The highest BCUT2D eigenvalue weighted by Gasteiger charge is 2.37. The highest BCUT2D eigenvalue weighted by Crippen LogP contribution is 2.32. The molecule has 0 aliphatic heterocycles. The lowest BCUT2D eigenvalue weighted by Crippen LogP contribution is -2.52. The monoisotopic (exact) mass is 612 g/mol. The number of nitrogens with zero attached hydrogens (tertiary/aromatic N) is 2. The fraction of sp³-hybridized carbons (Fsp3) is 0.464. The van der Waals surface area contributed by atoms with Crippen LogP contribution in [-0.2, 0) is 25.6 Å². The molecular weight excluding hydrogens is 577 g/mol. The zero-order chi connectivity index (χ0) is 31.2. The van der Waals surface area contributed by atoms with E-state index >= 15 is 0 Å². The minimum absolute atomic E-state index is 0.0882. The van der Waals surface area contributed by atoms with E-state index in [9.17, 15) is 41.1 Å². The third-order valence-corrected chi connectivity index (χ3v) is 9.29. The van der Waals surface area contributed by atoms with E-state index < -0.39 is 57.9 Å². The van der Waals surface area contributed by atoms with Gasteiger partial charge in [0.1, 0.15) is 6.42 Å². The smallest absolute Gasteiger partial charge is 0.431 e. The van der Waals surface area contributed by atoms with Gasteiger partial charge in [-0.1, -0.05) is 18.2 Å². The molecule has 2 aromatic carbocycles. The second-order valence-electron chi connectivity index (χ2n) is 10.6. The van der Waals surface area contributed by atoms with Crippen LogP contribution in [0.1, 0.15) is 45.1 Å². The van der Waals surface area contributed by atoms with Crippen molar-refractivity contribution in [3.63, 3.8) is 0 Å². The largest absolute Gasteiger partial charge is 0.463 e. The summed E-state index contributed by atoms with van der Waals surface area (Å²) in [6, 6.07) is 10.8. The second-order valence-corrected chi connectivity index (χ2v) is 12.7. The predicted molar refractivity (Wildman–Crippen MR) is 149 cm³/mol. The maximum absolute atomic E-state index is 13.2. The van der Waals surface area contributed by atoms with Crippen LogP contribution in [0.25, 0.3) is 0 Å². The van der Waals surface area contributed by atoms with Crippen molar-refractivity contribution >= 4 is 33.4 Å². The van der Waals surface area contributed by atoms with E-state index in [2.05, 4.69) is 10.2 Å². The minimum Gasteiger partial charge on any atom is -0.463 e. The van der Waals surface area contributed by atoms with Gasteiger partial charge in [-0.3, -0.25) is 15.0 Å². The average Bonchev–Trinajstić information content (AvgIpc) is 2.92. The number of anilines is 1. The van der Waals surface area contributed by atoms with Crippen LogP contribution in [0.5, 0.6) is 0 Å². The molecule has 42 heavy (non-hydrogen) atoms. The van der Waals surface area contributed by atoms with Crippen molar-refractivity contribution in [3.05, 3.63) is 60.2 Å². The molecule has 0 bridgehead atoms. The van der Waals surface area contributed by atoms with E-state index in [-0.39, 0.29) is 28.4 Å². The summed E-state index contributed by atoms with van der Waals surface area (Å²) < 4.78 is 64.9. The molecule has 1 fully saturated rings. The van der Waals surface area contributed by atoms with Crippen LogP contribution in [0, 0.1) is 5.92 Å². The summed E-state index contributed by atoms with van der Waals surface area (Å²) >= 11 is 0. The van der Waals surface area contributed by atoms with Crippen molar-refractivity contribution in [1.82, 2.24) is 15.6 Å². The van der Waals surface area contributed by atoms with Gasteiger partial charge in [-0.05, 0) is 82.5 Å². The number of halogens is 3. The molecule has 1 aliphatic rings. The summed E-state index contributed by atoms with van der Waals surface area (Å²) in [5.41, 5.74) is 0.754. The van der Waals surface area contributed by atoms with Crippen LogP contribution in [0.2, 0.25) is 0 Å². The molecule has 3 N–H and O–H groups in total. The van der Waals surface area contributed by atoms with Gasteiger partial charge < -0.3 is 15.3 Å². The van der Waals surface area contributed by atoms with E-state index in [1.54, 1.807) is 18.2 Å². The molecule has 0 unspecified atom stereocenters. The Morgan fingerprint density at radius 3 is 2.17 bits per heavy atom. The fourth-order valence-corrected chi connectivity index (χ4v) is 6.70. The Kier molecular flexibility index (Phi) is 10.6. The standard InChI is InChI=1S/C28H35F3N4O6S/c1-18(2)34(3)22-13-14-24(19(15-22)17-42(40,41)23-7-5-4-6-8-23)32-25(36)16-26(37)33-35(27(38)39)21-11-9-20(10-12-21)28(29,30)31/h4-12,18-19,22,24H,13-17H2,1-3H3,(H,32,36)(H,33,37)(H,38,39)/t19-,22+,24-/m0/s1. The first-order valence-electron chi connectivity index (χ1n) is 13.4. The molecule has 3 rings (SSSR count). The van der Waals surface area contributed by atoms with Crippen molar-refractivity contribution in [1.29, 1.82) is 0 Å². The number of amides is 3. The molecule has 1 saturated carbocycles. The summed E-state index contributed by atoms with van der Waals surface area (Å²) in [5.74, 6) is -2.42. The van der Waals surface area contributed by atoms with Crippen LogP contribution in [-0.4, -0.2) is 67.3 Å². The number of hydrogen-bond acceptors (Lipinski definition) is 6. The van der Waals surface area contributed by atoms with Gasteiger partial charge in [0.05, 0.1) is 21.9 Å². The molecular formula is C28H35F3N4O6S. The maximum Gasteiger partial charge on any atom is 0.431 e. The van der Waals surface area contributed by atoms with Gasteiger partial charge in [-0.25, -0.2) is 13.2 Å². The van der Waals surface area contributed by atoms with Crippen LogP contribution in [0.15, 0.2) is 59.5 Å². The summed E-state index contributed by atoms with van der Waals surface area (Å²) in [7, 11) is -1.72. The van der Waals surface area contributed by atoms with Gasteiger partial charge in [0, 0.05) is 18.1 Å². The average molecular weight is 613 g/mol. The summed E-state index contributed by atoms with van der Waals surface area (Å²) in [6.45, 7) is 4.07. The van der Waals surface area contributed by atoms with E-state index in [0.717, 1.165) is 12.1 Å². The van der Waals surface area contributed by atoms with Gasteiger partial charge in [0.15, 0.2) is 9.84 Å². The van der Waals surface area contributed by atoms with E-state index in [1.165, 1.54) is 12.1 Å². The third-order valence-electron chi connectivity index (χ3n) is 7.43. The topological polar surface area (TPSA) is 136 Å². The zero-order valence-corrected chi connectivity index (χ0v) is 24.3. The molecule has 0 radical (unpaired) electrons. The lowest BCUT2D eigenvalue weighted by molar-refractivity contribution is -0.137. The Balaban J connectivity index is 1.70. The molecule has 14 heteroatoms. The molecule has 230 valence electrons. The first-order valence-corrected chi connectivity index (χ1v) is 15.0. The molecule has 10 nitrogen and oxygen atoms in total. The number of benzene rings is 2. The zero-order valence-electron chi connectivity index (χ0n) is 23.5. The SMILES string of the molecule is CC(C)N(C)[C@@H]1CC[C@H](NC(=O)CC(=O)NN(C(=O)O)c2ccc(C(F)(F)F)cc2)[C@H](CS(=O)(=O)c2ccccc2)C1. The summed E-state index contributed by atoms with van der Waals surface area (Å²) in [6.07, 6.45) is -5.43. The normalized spacial score (nSPS) is 19.4. The number of sulfone groups is 1. The van der Waals surface area contributed by atoms with Gasteiger partial charge >= 0.3 is 12.3 Å². The van der Waals surface area contributed by atoms with Crippen molar-refractivity contribution in [2.75, 3.05) is 17.8 Å². The van der Waals surface area contributed by atoms with Crippen LogP contribution in [0.4, 0.5) is 23.7 Å².